The highest BCUT2D eigenvalue weighted by molar-refractivity contribution is 8.00. The van der Waals surface area contributed by atoms with Crippen LogP contribution in [0.3, 0.4) is 0 Å². The average Bonchev–Trinajstić information content (AvgIpc) is 3.01. The number of hydrogen-bond acceptors (Lipinski definition) is 7. The zero-order valence-corrected chi connectivity index (χ0v) is 28.5. The fourth-order valence-electron chi connectivity index (χ4n) is 4.82. The van der Waals surface area contributed by atoms with E-state index in [0.717, 1.165) is 27.3 Å². The molecular formula is C37H41ClN2O4S. The van der Waals surface area contributed by atoms with Crippen molar-refractivity contribution in [3.63, 3.8) is 0 Å². The maximum atomic E-state index is 13.8. The molecule has 3 rings (SSSR count). The van der Waals surface area contributed by atoms with Gasteiger partial charge in [0.25, 0.3) is 0 Å². The van der Waals surface area contributed by atoms with Gasteiger partial charge in [-0.05, 0) is 74.4 Å². The number of oxime groups is 1. The number of thioether (sulfide) groups is 1. The van der Waals surface area contributed by atoms with Crippen molar-refractivity contribution >= 4 is 52.3 Å². The Hall–Kier alpha value is -3.81. The first-order chi connectivity index (χ1) is 21.4. The SMILES string of the molecule is CCN=C(/C=C\C(C)C(=O)c1ccccc1C)C(C)c1cc(C)cc(C(=O)C(CC(C)Sc2ccc(Cl)cc2)=NOC(C)=O)c1. The van der Waals surface area contributed by atoms with Gasteiger partial charge in [-0.25, -0.2) is 4.79 Å². The number of hydrogen-bond donors (Lipinski definition) is 0. The Kier molecular flexibility index (Phi) is 13.5. The maximum Gasteiger partial charge on any atom is 0.331 e. The lowest BCUT2D eigenvalue weighted by Gasteiger charge is -2.17. The minimum Gasteiger partial charge on any atom is -0.318 e. The molecule has 0 aliphatic carbocycles. The number of Topliss-reactive ketones (excluding diaryl/α,β-unsaturated/α-hetero) is 2. The molecule has 0 bridgehead atoms. The molecule has 3 aromatic rings. The van der Waals surface area contributed by atoms with E-state index in [9.17, 15) is 14.4 Å². The zero-order valence-electron chi connectivity index (χ0n) is 27.0. The fourth-order valence-corrected chi connectivity index (χ4v) is 5.95. The molecule has 3 atom stereocenters. The quantitative estimate of drug-likeness (QED) is 0.0574. The summed E-state index contributed by atoms with van der Waals surface area (Å²) in [6.45, 7) is 13.6. The lowest BCUT2D eigenvalue weighted by molar-refractivity contribution is -0.140. The molecule has 8 heteroatoms. The topological polar surface area (TPSA) is 85.2 Å². The Morgan fingerprint density at radius 1 is 0.978 bits per heavy atom. The van der Waals surface area contributed by atoms with E-state index in [-0.39, 0.29) is 40.8 Å². The van der Waals surface area contributed by atoms with Crippen LogP contribution in [-0.2, 0) is 9.63 Å². The van der Waals surface area contributed by atoms with E-state index in [1.54, 1.807) is 11.8 Å². The van der Waals surface area contributed by atoms with Crippen molar-refractivity contribution in [2.45, 2.75) is 71.0 Å². The summed E-state index contributed by atoms with van der Waals surface area (Å²) < 4.78 is 0. The highest BCUT2D eigenvalue weighted by Crippen LogP contribution is 2.28. The molecule has 0 fully saturated rings. The van der Waals surface area contributed by atoms with Crippen molar-refractivity contribution in [2.75, 3.05) is 6.54 Å². The van der Waals surface area contributed by atoms with Crippen molar-refractivity contribution in [1.29, 1.82) is 0 Å². The molecule has 236 valence electrons. The van der Waals surface area contributed by atoms with Gasteiger partial charge in [0.05, 0.1) is 0 Å². The highest BCUT2D eigenvalue weighted by Gasteiger charge is 2.22. The van der Waals surface area contributed by atoms with Crippen LogP contribution in [0.25, 0.3) is 0 Å². The van der Waals surface area contributed by atoms with Gasteiger partial charge in [-0.3, -0.25) is 14.6 Å². The minimum absolute atomic E-state index is 0.0366. The van der Waals surface area contributed by atoms with Crippen LogP contribution in [0.2, 0.25) is 5.02 Å². The van der Waals surface area contributed by atoms with E-state index in [4.69, 9.17) is 21.4 Å². The van der Waals surface area contributed by atoms with Crippen LogP contribution in [0.5, 0.6) is 0 Å². The van der Waals surface area contributed by atoms with Crippen molar-refractivity contribution < 1.29 is 19.2 Å². The van der Waals surface area contributed by atoms with Crippen LogP contribution >= 0.6 is 23.4 Å². The van der Waals surface area contributed by atoms with Crippen molar-refractivity contribution in [3.05, 3.63) is 112 Å². The van der Waals surface area contributed by atoms with E-state index in [0.29, 0.717) is 22.7 Å². The summed E-state index contributed by atoms with van der Waals surface area (Å²) in [5.74, 6) is -1.33. The van der Waals surface area contributed by atoms with Gasteiger partial charge in [0, 0.05) is 63.7 Å². The molecule has 0 saturated carbocycles. The summed E-state index contributed by atoms with van der Waals surface area (Å²) in [7, 11) is 0. The molecule has 0 saturated heterocycles. The first-order valence-corrected chi connectivity index (χ1v) is 16.3. The first kappa shape index (κ1) is 35.7. The van der Waals surface area contributed by atoms with Crippen molar-refractivity contribution in [3.8, 4) is 0 Å². The lowest BCUT2D eigenvalue weighted by atomic mass is 9.89. The summed E-state index contributed by atoms with van der Waals surface area (Å²) in [5, 5.41) is 4.59. The van der Waals surface area contributed by atoms with Crippen molar-refractivity contribution in [2.24, 2.45) is 16.1 Å². The van der Waals surface area contributed by atoms with Crippen molar-refractivity contribution in [1.82, 2.24) is 0 Å². The summed E-state index contributed by atoms with van der Waals surface area (Å²) in [6, 6.07) is 20.8. The highest BCUT2D eigenvalue weighted by atomic mass is 35.5. The Labute approximate surface area is 276 Å². The third-order valence-electron chi connectivity index (χ3n) is 7.20. The lowest BCUT2D eigenvalue weighted by Crippen LogP contribution is -2.20. The van der Waals surface area contributed by atoms with E-state index in [1.807, 2.05) is 120 Å². The number of nitrogens with zero attached hydrogens (tertiary/aromatic N) is 2. The molecule has 6 nitrogen and oxygen atoms in total. The largest absolute Gasteiger partial charge is 0.331 e. The molecule has 0 aliphatic rings. The minimum atomic E-state index is -0.598. The second-order valence-corrected chi connectivity index (χ2v) is 13.1. The maximum absolute atomic E-state index is 13.8. The number of aryl methyl sites for hydroxylation is 2. The van der Waals surface area contributed by atoms with Crippen LogP contribution in [0, 0.1) is 19.8 Å². The number of halogens is 1. The first-order valence-electron chi connectivity index (χ1n) is 15.0. The fraction of sp³-hybridized carbons (Fsp3) is 0.324. The van der Waals surface area contributed by atoms with Gasteiger partial charge in [0.15, 0.2) is 5.78 Å². The third kappa shape index (κ3) is 10.6. The normalized spacial score (nSPS) is 14.2. The predicted molar refractivity (Wildman–Crippen MR) is 186 cm³/mol. The predicted octanol–water partition coefficient (Wildman–Crippen LogP) is 9.27. The van der Waals surface area contributed by atoms with E-state index < -0.39 is 5.97 Å². The summed E-state index contributed by atoms with van der Waals surface area (Å²) in [4.78, 5) is 49.2. The summed E-state index contributed by atoms with van der Waals surface area (Å²) >= 11 is 7.60. The van der Waals surface area contributed by atoms with Crippen LogP contribution in [0.4, 0.5) is 0 Å². The van der Waals surface area contributed by atoms with Gasteiger partial charge >= 0.3 is 5.97 Å². The van der Waals surface area contributed by atoms with Gasteiger partial charge in [0.2, 0.25) is 5.78 Å². The molecule has 0 radical (unpaired) electrons. The third-order valence-corrected chi connectivity index (χ3v) is 8.57. The molecule has 3 aromatic carbocycles. The number of aliphatic imine (C=N–C) groups is 1. The Morgan fingerprint density at radius 2 is 1.67 bits per heavy atom. The smallest absolute Gasteiger partial charge is 0.318 e. The molecule has 0 heterocycles. The number of carbonyl (C=O) groups excluding carboxylic acids is 3. The molecule has 0 spiro atoms. The Bertz CT molecular complexity index is 1610. The standard InChI is InChI=1S/C37H41ClN2O4S/c1-8-39-34(18-13-25(4)36(42)33-12-10-9-11-24(33)3)27(6)29-19-23(2)20-30(22-29)37(43)35(40-44-28(7)41)21-26(5)45-32-16-14-31(38)15-17-32/h9-20,22,25-27H,8,21H2,1-7H3/b18-13-,39-34?,40-35?. The number of carbonyl (C=O) groups is 3. The van der Waals surface area contributed by atoms with Crippen LogP contribution in [0.1, 0.15) is 84.4 Å². The van der Waals surface area contributed by atoms with Crippen LogP contribution in [-0.4, -0.2) is 40.8 Å². The molecule has 45 heavy (non-hydrogen) atoms. The van der Waals surface area contributed by atoms with E-state index in [2.05, 4.69) is 5.16 Å². The summed E-state index contributed by atoms with van der Waals surface area (Å²) in [5.41, 5.74) is 4.90. The molecule has 0 N–H and O–H groups in total. The van der Waals surface area contributed by atoms with E-state index in [1.165, 1.54) is 6.92 Å². The number of benzene rings is 3. The molecular weight excluding hydrogens is 604 g/mol. The second kappa shape index (κ2) is 17.0. The van der Waals surface area contributed by atoms with Crippen LogP contribution in [0.15, 0.2) is 93.9 Å². The Balaban J connectivity index is 1.86. The van der Waals surface area contributed by atoms with Gasteiger partial charge in [-0.1, -0.05) is 79.5 Å². The van der Waals surface area contributed by atoms with Crippen LogP contribution < -0.4 is 0 Å². The molecule has 0 amide bonds. The van der Waals surface area contributed by atoms with Gasteiger partial charge in [-0.15, -0.1) is 11.8 Å². The average molecular weight is 645 g/mol. The Morgan fingerprint density at radius 3 is 2.31 bits per heavy atom. The number of ketones is 2. The molecule has 3 unspecified atom stereocenters. The summed E-state index contributed by atoms with van der Waals surface area (Å²) in [6.07, 6.45) is 4.10. The molecule has 0 aliphatic heterocycles. The number of allylic oxidation sites excluding steroid dienone is 2. The second-order valence-electron chi connectivity index (χ2n) is 11.1. The zero-order chi connectivity index (χ0) is 33.1. The van der Waals surface area contributed by atoms with Gasteiger partial charge in [-0.2, -0.15) is 0 Å². The number of rotatable bonds is 14. The monoisotopic (exact) mass is 644 g/mol. The van der Waals surface area contributed by atoms with Gasteiger partial charge < -0.3 is 4.84 Å². The van der Waals surface area contributed by atoms with E-state index >= 15 is 0 Å². The molecule has 0 aromatic heterocycles. The van der Waals surface area contributed by atoms with Gasteiger partial charge in [0.1, 0.15) is 5.71 Å².